The standard InChI is InChI=1S/C16H19F3N2O3/c1-3-8-15(2)13(23)21(14(24)20-15)9-12(22)10-4-6-11(7-5-10)16(17,18)19/h4-7,12,22H,3,8-9H2,1-2H3,(H,20,24). The van der Waals surface area contributed by atoms with Crippen LogP contribution in [0.2, 0.25) is 0 Å². The minimum Gasteiger partial charge on any atom is -0.387 e. The van der Waals surface area contributed by atoms with Gasteiger partial charge in [-0.05, 0) is 31.0 Å². The number of β-amino-alcohol motifs (C(OH)–C–C–N with tert-alkyl or cyclic N) is 1. The molecule has 0 radical (unpaired) electrons. The summed E-state index contributed by atoms with van der Waals surface area (Å²) in [5.41, 5.74) is -1.64. The summed E-state index contributed by atoms with van der Waals surface area (Å²) in [4.78, 5) is 25.2. The van der Waals surface area contributed by atoms with E-state index in [1.807, 2.05) is 6.92 Å². The summed E-state index contributed by atoms with van der Waals surface area (Å²) in [6.07, 6.45) is -4.57. The number of hydrogen-bond acceptors (Lipinski definition) is 3. The smallest absolute Gasteiger partial charge is 0.387 e. The van der Waals surface area contributed by atoms with E-state index >= 15 is 0 Å². The summed E-state index contributed by atoms with van der Waals surface area (Å²) < 4.78 is 37.6. The van der Waals surface area contributed by atoms with Crippen LogP contribution in [0.4, 0.5) is 18.0 Å². The summed E-state index contributed by atoms with van der Waals surface area (Å²) in [5.74, 6) is -0.444. The zero-order valence-corrected chi connectivity index (χ0v) is 13.4. The molecule has 0 saturated carbocycles. The number of carbonyl (C=O) groups excluding carboxylic acids is 2. The lowest BCUT2D eigenvalue weighted by molar-refractivity contribution is -0.137. The van der Waals surface area contributed by atoms with Crippen molar-refractivity contribution in [3.63, 3.8) is 0 Å². The number of urea groups is 1. The van der Waals surface area contributed by atoms with Crippen molar-refractivity contribution in [3.8, 4) is 0 Å². The number of aliphatic hydroxyl groups excluding tert-OH is 1. The van der Waals surface area contributed by atoms with Gasteiger partial charge in [-0.15, -0.1) is 0 Å². The van der Waals surface area contributed by atoms with Crippen molar-refractivity contribution in [2.75, 3.05) is 6.54 Å². The molecule has 2 unspecified atom stereocenters. The molecule has 24 heavy (non-hydrogen) atoms. The van der Waals surface area contributed by atoms with Crippen molar-refractivity contribution in [2.45, 2.75) is 44.5 Å². The second-order valence-electron chi connectivity index (χ2n) is 6.06. The second-order valence-corrected chi connectivity index (χ2v) is 6.06. The summed E-state index contributed by atoms with van der Waals surface area (Å²) >= 11 is 0. The van der Waals surface area contributed by atoms with Crippen LogP contribution in [-0.4, -0.2) is 34.0 Å². The maximum atomic E-state index is 12.5. The van der Waals surface area contributed by atoms with Crippen molar-refractivity contribution in [1.29, 1.82) is 0 Å². The normalized spacial score (nSPS) is 22.7. The highest BCUT2D eigenvalue weighted by molar-refractivity contribution is 6.06. The molecule has 3 amide bonds. The highest BCUT2D eigenvalue weighted by atomic mass is 19.4. The first-order valence-corrected chi connectivity index (χ1v) is 7.58. The van der Waals surface area contributed by atoms with Crippen LogP contribution in [0.1, 0.15) is 43.9 Å². The van der Waals surface area contributed by atoms with Crippen molar-refractivity contribution in [1.82, 2.24) is 10.2 Å². The highest BCUT2D eigenvalue weighted by Crippen LogP contribution is 2.30. The largest absolute Gasteiger partial charge is 0.416 e. The molecule has 1 aliphatic rings. The van der Waals surface area contributed by atoms with E-state index in [0.29, 0.717) is 12.8 Å². The fraction of sp³-hybridized carbons (Fsp3) is 0.500. The molecular formula is C16H19F3N2O3. The molecule has 1 heterocycles. The van der Waals surface area contributed by atoms with E-state index in [4.69, 9.17) is 0 Å². The van der Waals surface area contributed by atoms with E-state index in [9.17, 15) is 27.9 Å². The topological polar surface area (TPSA) is 69.6 Å². The number of aliphatic hydroxyl groups is 1. The van der Waals surface area contributed by atoms with Gasteiger partial charge in [-0.25, -0.2) is 4.79 Å². The molecule has 1 aliphatic heterocycles. The number of hydrogen-bond donors (Lipinski definition) is 2. The number of alkyl halides is 3. The first-order chi connectivity index (χ1) is 11.1. The first-order valence-electron chi connectivity index (χ1n) is 7.58. The maximum absolute atomic E-state index is 12.5. The Bertz CT molecular complexity index is 630. The van der Waals surface area contributed by atoms with Crippen molar-refractivity contribution < 1.29 is 27.9 Å². The molecule has 0 spiro atoms. The molecule has 2 N–H and O–H groups in total. The van der Waals surface area contributed by atoms with Crippen molar-refractivity contribution in [2.24, 2.45) is 0 Å². The van der Waals surface area contributed by atoms with E-state index in [-0.39, 0.29) is 12.1 Å². The quantitative estimate of drug-likeness (QED) is 0.807. The van der Waals surface area contributed by atoms with Gasteiger partial charge in [0.2, 0.25) is 0 Å². The van der Waals surface area contributed by atoms with Gasteiger partial charge in [0.25, 0.3) is 5.91 Å². The molecule has 1 saturated heterocycles. The number of rotatable bonds is 5. The van der Waals surface area contributed by atoms with E-state index in [1.165, 1.54) is 0 Å². The minimum absolute atomic E-state index is 0.202. The highest BCUT2D eigenvalue weighted by Gasteiger charge is 2.47. The molecule has 1 aromatic carbocycles. The van der Waals surface area contributed by atoms with Crippen LogP contribution >= 0.6 is 0 Å². The first kappa shape index (κ1) is 18.3. The minimum atomic E-state index is -4.46. The lowest BCUT2D eigenvalue weighted by Crippen LogP contribution is -2.44. The van der Waals surface area contributed by atoms with E-state index < -0.39 is 35.3 Å². The van der Waals surface area contributed by atoms with E-state index in [2.05, 4.69) is 5.32 Å². The zero-order chi connectivity index (χ0) is 18.1. The number of nitrogens with one attached hydrogen (secondary N) is 1. The monoisotopic (exact) mass is 344 g/mol. The summed E-state index contributed by atoms with van der Waals surface area (Å²) in [6, 6.07) is 3.37. The fourth-order valence-electron chi connectivity index (χ4n) is 2.75. The average Bonchev–Trinajstić information content (AvgIpc) is 2.70. The van der Waals surface area contributed by atoms with Gasteiger partial charge < -0.3 is 10.4 Å². The van der Waals surface area contributed by atoms with E-state index in [0.717, 1.165) is 29.2 Å². The van der Waals surface area contributed by atoms with Gasteiger partial charge in [0, 0.05) is 0 Å². The molecule has 2 rings (SSSR count). The third-order valence-electron chi connectivity index (χ3n) is 4.07. The summed E-state index contributed by atoms with van der Waals surface area (Å²) in [7, 11) is 0. The van der Waals surface area contributed by atoms with Crippen LogP contribution in [-0.2, 0) is 11.0 Å². The van der Waals surface area contributed by atoms with Crippen LogP contribution in [0.15, 0.2) is 24.3 Å². The van der Waals surface area contributed by atoms with Gasteiger partial charge in [-0.1, -0.05) is 25.5 Å². The number of halogens is 3. The van der Waals surface area contributed by atoms with Gasteiger partial charge >= 0.3 is 12.2 Å². The Morgan fingerprint density at radius 3 is 2.33 bits per heavy atom. The number of carbonyl (C=O) groups is 2. The number of benzene rings is 1. The molecule has 5 nitrogen and oxygen atoms in total. The molecule has 2 atom stereocenters. The summed E-state index contributed by atoms with van der Waals surface area (Å²) in [6.45, 7) is 3.18. The molecule has 1 fully saturated rings. The van der Waals surface area contributed by atoms with E-state index in [1.54, 1.807) is 6.92 Å². The molecule has 0 bridgehead atoms. The molecule has 132 valence electrons. The van der Waals surface area contributed by atoms with Gasteiger partial charge in [0.05, 0.1) is 18.2 Å². The van der Waals surface area contributed by atoms with Gasteiger partial charge in [0.1, 0.15) is 5.54 Å². The fourth-order valence-corrected chi connectivity index (χ4v) is 2.75. The number of imide groups is 1. The molecule has 8 heteroatoms. The molecule has 0 aromatic heterocycles. The van der Waals surface area contributed by atoms with Gasteiger partial charge in [0.15, 0.2) is 0 Å². The summed E-state index contributed by atoms with van der Waals surface area (Å²) in [5, 5.41) is 12.7. The maximum Gasteiger partial charge on any atom is 0.416 e. The Morgan fingerprint density at radius 1 is 1.25 bits per heavy atom. The third kappa shape index (κ3) is 3.53. The Hall–Kier alpha value is -2.09. The Morgan fingerprint density at radius 2 is 1.83 bits per heavy atom. The SMILES string of the molecule is CCCC1(C)NC(=O)N(CC(O)c2ccc(C(F)(F)F)cc2)C1=O. The van der Waals surface area contributed by atoms with Crippen molar-refractivity contribution in [3.05, 3.63) is 35.4 Å². The zero-order valence-electron chi connectivity index (χ0n) is 13.4. The molecule has 1 aromatic rings. The Labute approximate surface area is 137 Å². The Kier molecular flexibility index (Phi) is 4.89. The van der Waals surface area contributed by atoms with Crippen LogP contribution in [0.5, 0.6) is 0 Å². The Balaban J connectivity index is 2.11. The predicted octanol–water partition coefficient (Wildman–Crippen LogP) is 2.85. The second kappa shape index (κ2) is 6.43. The molecular weight excluding hydrogens is 325 g/mol. The predicted molar refractivity (Wildman–Crippen MR) is 80.0 cm³/mol. The lowest BCUT2D eigenvalue weighted by Gasteiger charge is -2.22. The van der Waals surface area contributed by atoms with Crippen molar-refractivity contribution >= 4 is 11.9 Å². The van der Waals surface area contributed by atoms with Gasteiger partial charge in [-0.2, -0.15) is 13.2 Å². The van der Waals surface area contributed by atoms with Crippen LogP contribution in [0.3, 0.4) is 0 Å². The lowest BCUT2D eigenvalue weighted by atomic mass is 9.96. The average molecular weight is 344 g/mol. The van der Waals surface area contributed by atoms with Crippen LogP contribution in [0, 0.1) is 0 Å². The van der Waals surface area contributed by atoms with Crippen LogP contribution in [0.25, 0.3) is 0 Å². The third-order valence-corrected chi connectivity index (χ3v) is 4.07. The van der Waals surface area contributed by atoms with Gasteiger partial charge in [-0.3, -0.25) is 9.69 Å². The molecule has 0 aliphatic carbocycles. The number of nitrogens with zero attached hydrogens (tertiary/aromatic N) is 1. The van der Waals surface area contributed by atoms with Crippen LogP contribution < -0.4 is 5.32 Å². The number of amides is 3.